The Morgan fingerprint density at radius 2 is 1.58 bits per heavy atom. The van der Waals surface area contributed by atoms with Gasteiger partial charge in [0.1, 0.15) is 5.75 Å². The summed E-state index contributed by atoms with van der Waals surface area (Å²) in [5, 5.41) is 0. The van der Waals surface area contributed by atoms with E-state index in [-0.39, 0.29) is 6.29 Å². The van der Waals surface area contributed by atoms with Gasteiger partial charge in [0, 0.05) is 6.42 Å². The molecular weight excluding hydrogens is 236 g/mol. The Balaban J connectivity index is 2.55. The van der Waals surface area contributed by atoms with Crippen LogP contribution in [0.25, 0.3) is 0 Å². The molecule has 0 aliphatic carbocycles. The van der Waals surface area contributed by atoms with Crippen molar-refractivity contribution in [1.82, 2.24) is 0 Å². The summed E-state index contributed by atoms with van der Waals surface area (Å²) in [6, 6.07) is 8.39. The zero-order valence-corrected chi connectivity index (χ0v) is 13.0. The Kier molecular flexibility index (Phi) is 6.93. The second kappa shape index (κ2) is 8.21. The number of benzene rings is 1. The van der Waals surface area contributed by atoms with Crippen LogP contribution in [0.15, 0.2) is 24.3 Å². The monoisotopic (exact) mass is 264 g/mol. The molecule has 1 aromatic rings. The van der Waals surface area contributed by atoms with Gasteiger partial charge in [-0.25, -0.2) is 0 Å². The van der Waals surface area contributed by atoms with Gasteiger partial charge in [0.05, 0.1) is 6.61 Å². The third-order valence-electron chi connectivity index (χ3n) is 3.28. The molecule has 0 aliphatic rings. The summed E-state index contributed by atoms with van der Waals surface area (Å²) in [6.45, 7) is 11.6. The summed E-state index contributed by atoms with van der Waals surface area (Å²) in [7, 11) is 0. The third kappa shape index (κ3) is 5.65. The predicted molar refractivity (Wildman–Crippen MR) is 80.6 cm³/mol. The van der Waals surface area contributed by atoms with Crippen LogP contribution < -0.4 is 4.74 Å². The van der Waals surface area contributed by atoms with Crippen molar-refractivity contribution in [2.45, 2.75) is 59.7 Å². The molecule has 0 saturated heterocycles. The molecule has 0 spiro atoms. The normalized spacial score (nSPS) is 14.4. The Morgan fingerprint density at radius 3 is 2.05 bits per heavy atom. The maximum atomic E-state index is 5.86. The number of hydrogen-bond acceptors (Lipinski definition) is 2. The first kappa shape index (κ1) is 16.0. The minimum atomic E-state index is -0.142. The van der Waals surface area contributed by atoms with Crippen LogP contribution >= 0.6 is 0 Å². The molecule has 0 fully saturated rings. The average Bonchev–Trinajstić information content (AvgIpc) is 2.43. The van der Waals surface area contributed by atoms with Crippen LogP contribution in [0.4, 0.5) is 0 Å². The Morgan fingerprint density at radius 1 is 0.947 bits per heavy atom. The van der Waals surface area contributed by atoms with Crippen molar-refractivity contribution in [3.05, 3.63) is 29.8 Å². The zero-order chi connectivity index (χ0) is 14.3. The van der Waals surface area contributed by atoms with Gasteiger partial charge in [-0.15, -0.1) is 0 Å². The van der Waals surface area contributed by atoms with Gasteiger partial charge in [-0.05, 0) is 36.0 Å². The summed E-state index contributed by atoms with van der Waals surface area (Å²) < 4.78 is 11.6. The van der Waals surface area contributed by atoms with Crippen LogP contribution in [-0.2, 0) is 4.74 Å². The van der Waals surface area contributed by atoms with E-state index in [1.54, 1.807) is 0 Å². The van der Waals surface area contributed by atoms with Gasteiger partial charge in [-0.2, -0.15) is 0 Å². The predicted octanol–water partition coefficient (Wildman–Crippen LogP) is 4.99. The molecule has 0 bridgehead atoms. The van der Waals surface area contributed by atoms with Gasteiger partial charge in [0.25, 0.3) is 0 Å². The molecule has 2 unspecified atom stereocenters. The van der Waals surface area contributed by atoms with Gasteiger partial charge >= 0.3 is 0 Å². The minimum absolute atomic E-state index is 0.142. The number of hydrogen-bond donors (Lipinski definition) is 0. The van der Waals surface area contributed by atoms with Crippen LogP contribution in [0.3, 0.4) is 0 Å². The fourth-order valence-electron chi connectivity index (χ4n) is 1.80. The second-order valence-corrected chi connectivity index (χ2v) is 5.56. The third-order valence-corrected chi connectivity index (χ3v) is 3.28. The highest BCUT2D eigenvalue weighted by atomic mass is 16.7. The van der Waals surface area contributed by atoms with Gasteiger partial charge in [-0.1, -0.05) is 46.8 Å². The van der Waals surface area contributed by atoms with E-state index in [4.69, 9.17) is 9.47 Å². The van der Waals surface area contributed by atoms with E-state index in [2.05, 4.69) is 46.8 Å². The van der Waals surface area contributed by atoms with E-state index >= 15 is 0 Å². The molecule has 0 aromatic heterocycles. The lowest BCUT2D eigenvalue weighted by atomic mass is 9.99. The van der Waals surface area contributed by atoms with E-state index in [1.807, 2.05) is 12.1 Å². The molecular formula is C17H28O2. The molecule has 0 heterocycles. The maximum Gasteiger partial charge on any atom is 0.199 e. The standard InChI is InChI=1S/C17H28O2/c1-6-14(5)15-8-10-16(11-9-15)19-17(7-2)18-12-13(3)4/h8-11,13-14,17H,6-7,12H2,1-5H3. The average molecular weight is 264 g/mol. The van der Waals surface area contributed by atoms with Crippen molar-refractivity contribution in [1.29, 1.82) is 0 Å². The van der Waals surface area contributed by atoms with Gasteiger partial charge < -0.3 is 9.47 Å². The Hall–Kier alpha value is -1.02. The molecule has 0 N–H and O–H groups in total. The number of ether oxygens (including phenoxy) is 2. The lowest BCUT2D eigenvalue weighted by Crippen LogP contribution is -2.21. The summed E-state index contributed by atoms with van der Waals surface area (Å²) in [6.07, 6.45) is 1.88. The maximum absolute atomic E-state index is 5.86. The zero-order valence-electron chi connectivity index (χ0n) is 13.0. The fourth-order valence-corrected chi connectivity index (χ4v) is 1.80. The van der Waals surface area contributed by atoms with Crippen LogP contribution in [0.1, 0.15) is 58.9 Å². The Bertz CT molecular complexity index is 343. The fraction of sp³-hybridized carbons (Fsp3) is 0.647. The molecule has 0 saturated carbocycles. The van der Waals surface area contributed by atoms with Crippen molar-refractivity contribution in [3.8, 4) is 5.75 Å². The largest absolute Gasteiger partial charge is 0.465 e. The van der Waals surface area contributed by atoms with Crippen LogP contribution in [0, 0.1) is 5.92 Å². The summed E-state index contributed by atoms with van der Waals surface area (Å²) in [5.41, 5.74) is 1.37. The molecule has 0 amide bonds. The topological polar surface area (TPSA) is 18.5 Å². The Labute approximate surface area is 118 Å². The highest BCUT2D eigenvalue weighted by molar-refractivity contribution is 5.29. The van der Waals surface area contributed by atoms with Crippen molar-refractivity contribution < 1.29 is 9.47 Å². The van der Waals surface area contributed by atoms with Gasteiger partial charge in [-0.3, -0.25) is 0 Å². The molecule has 0 radical (unpaired) electrons. The molecule has 1 aromatic carbocycles. The lowest BCUT2D eigenvalue weighted by molar-refractivity contribution is -0.0899. The minimum Gasteiger partial charge on any atom is -0.465 e. The summed E-state index contributed by atoms with van der Waals surface area (Å²) in [5.74, 6) is 2.03. The van der Waals surface area contributed by atoms with Crippen LogP contribution in [0.5, 0.6) is 5.75 Å². The van der Waals surface area contributed by atoms with Gasteiger partial charge in [0.15, 0.2) is 6.29 Å². The van der Waals surface area contributed by atoms with Crippen molar-refractivity contribution in [3.63, 3.8) is 0 Å². The van der Waals surface area contributed by atoms with Crippen molar-refractivity contribution >= 4 is 0 Å². The highest BCUT2D eigenvalue weighted by Gasteiger charge is 2.10. The van der Waals surface area contributed by atoms with E-state index in [0.717, 1.165) is 25.2 Å². The van der Waals surface area contributed by atoms with Crippen molar-refractivity contribution in [2.24, 2.45) is 5.92 Å². The number of rotatable bonds is 8. The molecule has 1 rings (SSSR count). The SMILES string of the molecule is CCC(OCC(C)C)Oc1ccc(C(C)CC)cc1. The summed E-state index contributed by atoms with van der Waals surface area (Å²) in [4.78, 5) is 0. The molecule has 19 heavy (non-hydrogen) atoms. The van der Waals surface area contributed by atoms with Crippen LogP contribution in [-0.4, -0.2) is 12.9 Å². The molecule has 2 nitrogen and oxygen atoms in total. The van der Waals surface area contributed by atoms with Crippen molar-refractivity contribution in [2.75, 3.05) is 6.61 Å². The quantitative estimate of drug-likeness (QED) is 0.616. The van der Waals surface area contributed by atoms with E-state index in [1.165, 1.54) is 5.56 Å². The van der Waals surface area contributed by atoms with E-state index < -0.39 is 0 Å². The first-order chi connectivity index (χ1) is 9.06. The highest BCUT2D eigenvalue weighted by Crippen LogP contribution is 2.22. The van der Waals surface area contributed by atoms with E-state index in [0.29, 0.717) is 11.8 Å². The first-order valence-electron chi connectivity index (χ1n) is 7.45. The first-order valence-corrected chi connectivity index (χ1v) is 7.45. The molecule has 2 heteroatoms. The smallest absolute Gasteiger partial charge is 0.199 e. The van der Waals surface area contributed by atoms with Gasteiger partial charge in [0.2, 0.25) is 0 Å². The van der Waals surface area contributed by atoms with E-state index in [9.17, 15) is 0 Å². The van der Waals surface area contributed by atoms with Crippen LogP contribution in [0.2, 0.25) is 0 Å². The summed E-state index contributed by atoms with van der Waals surface area (Å²) >= 11 is 0. The molecule has 0 aliphatic heterocycles. The second-order valence-electron chi connectivity index (χ2n) is 5.56. The molecule has 2 atom stereocenters. The molecule has 108 valence electrons. The lowest BCUT2D eigenvalue weighted by Gasteiger charge is -2.19.